The Morgan fingerprint density at radius 3 is 2.55 bits per heavy atom. The average Bonchev–Trinajstić information content (AvgIpc) is 2.72. The number of benzene rings is 1. The summed E-state index contributed by atoms with van der Waals surface area (Å²) in [4.78, 5) is 33.8. The number of aromatic amines is 1. The molecule has 2 heterocycles. The van der Waals surface area contributed by atoms with E-state index in [4.69, 9.17) is 4.74 Å². The van der Waals surface area contributed by atoms with Gasteiger partial charge in [-0.05, 0) is 37.6 Å². The first-order valence-corrected chi connectivity index (χ1v) is 9.73. The Hall–Kier alpha value is -3.08. The highest BCUT2D eigenvalue weighted by Crippen LogP contribution is 2.20. The van der Waals surface area contributed by atoms with Gasteiger partial charge in [0.1, 0.15) is 5.75 Å². The molecule has 0 spiro atoms. The summed E-state index contributed by atoms with van der Waals surface area (Å²) in [6.45, 7) is 2.77. The zero-order valence-electron chi connectivity index (χ0n) is 16.9. The van der Waals surface area contributed by atoms with Crippen LogP contribution in [0.25, 0.3) is 0 Å². The fraction of sp³-hybridized carbons (Fsp3) is 0.450. The second-order valence-corrected chi connectivity index (χ2v) is 7.03. The maximum atomic E-state index is 12.5. The minimum Gasteiger partial charge on any atom is -0.484 e. The minimum absolute atomic E-state index is 0.0453. The molecule has 0 radical (unpaired) electrons. The van der Waals surface area contributed by atoms with Crippen LogP contribution in [-0.2, 0) is 16.0 Å². The van der Waals surface area contributed by atoms with Gasteiger partial charge in [-0.2, -0.15) is 13.2 Å². The number of anilines is 2. The summed E-state index contributed by atoms with van der Waals surface area (Å²) in [7, 11) is 0. The maximum absolute atomic E-state index is 12.5. The smallest absolute Gasteiger partial charge is 0.422 e. The van der Waals surface area contributed by atoms with Crippen LogP contribution in [0.15, 0.2) is 29.1 Å². The van der Waals surface area contributed by atoms with Crippen LogP contribution in [0.2, 0.25) is 0 Å². The molecule has 1 saturated heterocycles. The number of halogens is 3. The highest BCUT2D eigenvalue weighted by molar-refractivity contribution is 5.90. The summed E-state index contributed by atoms with van der Waals surface area (Å²) in [6.07, 6.45) is -4.16. The van der Waals surface area contributed by atoms with Crippen LogP contribution in [0.5, 0.6) is 5.75 Å². The van der Waals surface area contributed by atoms with E-state index in [0.717, 1.165) is 0 Å². The van der Waals surface area contributed by atoms with Gasteiger partial charge in [0.05, 0.1) is 13.2 Å². The van der Waals surface area contributed by atoms with Crippen LogP contribution < -0.4 is 20.5 Å². The molecular weight excluding hydrogens is 417 g/mol. The molecule has 168 valence electrons. The number of amides is 1. The summed E-state index contributed by atoms with van der Waals surface area (Å²) in [5.41, 5.74) is 1.12. The molecular formula is C20H23F3N4O4. The van der Waals surface area contributed by atoms with Crippen LogP contribution in [0.4, 0.5) is 24.8 Å². The van der Waals surface area contributed by atoms with Crippen molar-refractivity contribution < 1.29 is 27.4 Å². The van der Waals surface area contributed by atoms with E-state index in [1.165, 1.54) is 24.3 Å². The number of hydrogen-bond donors (Lipinski definition) is 2. The summed E-state index contributed by atoms with van der Waals surface area (Å²) in [6, 6.07) is 5.57. The molecule has 8 nitrogen and oxygen atoms in total. The number of rotatable bonds is 7. The van der Waals surface area contributed by atoms with E-state index in [-0.39, 0.29) is 30.1 Å². The molecule has 1 aromatic heterocycles. The van der Waals surface area contributed by atoms with Crippen LogP contribution in [0.3, 0.4) is 0 Å². The molecule has 1 aromatic carbocycles. The number of ether oxygens (including phenoxy) is 2. The minimum atomic E-state index is -4.42. The van der Waals surface area contributed by atoms with Crippen molar-refractivity contribution in [3.8, 4) is 5.75 Å². The molecule has 0 bridgehead atoms. The second-order valence-electron chi connectivity index (χ2n) is 7.03. The first-order valence-electron chi connectivity index (χ1n) is 9.73. The molecule has 2 N–H and O–H groups in total. The van der Waals surface area contributed by atoms with Crippen molar-refractivity contribution in [2.75, 3.05) is 43.1 Å². The lowest BCUT2D eigenvalue weighted by Crippen LogP contribution is -2.38. The highest BCUT2D eigenvalue weighted by Gasteiger charge is 2.28. The second kappa shape index (κ2) is 9.82. The van der Waals surface area contributed by atoms with E-state index < -0.39 is 12.8 Å². The molecule has 3 rings (SSSR count). The van der Waals surface area contributed by atoms with E-state index in [9.17, 15) is 22.8 Å². The topological polar surface area (TPSA) is 96.6 Å². The number of carbonyl (C=O) groups excluding carboxylic acids is 1. The fourth-order valence-corrected chi connectivity index (χ4v) is 3.08. The van der Waals surface area contributed by atoms with E-state index >= 15 is 0 Å². The number of morpholine rings is 1. The van der Waals surface area contributed by atoms with E-state index in [1.54, 1.807) is 6.92 Å². The molecule has 1 aliphatic heterocycles. The van der Waals surface area contributed by atoms with Gasteiger partial charge in [-0.25, -0.2) is 4.98 Å². The number of H-pyrrole nitrogens is 1. The third kappa shape index (κ3) is 6.71. The Morgan fingerprint density at radius 1 is 1.26 bits per heavy atom. The quantitative estimate of drug-likeness (QED) is 0.687. The molecule has 11 heteroatoms. The number of alkyl halides is 3. The van der Waals surface area contributed by atoms with Crippen LogP contribution in [0, 0.1) is 6.92 Å². The van der Waals surface area contributed by atoms with Gasteiger partial charge in [-0.15, -0.1) is 0 Å². The number of aryl methyl sites for hydroxylation is 1. The fourth-order valence-electron chi connectivity index (χ4n) is 3.08. The Morgan fingerprint density at radius 2 is 1.94 bits per heavy atom. The zero-order valence-corrected chi connectivity index (χ0v) is 16.9. The van der Waals surface area contributed by atoms with Gasteiger partial charge in [0.2, 0.25) is 11.9 Å². The van der Waals surface area contributed by atoms with Crippen LogP contribution in [0.1, 0.15) is 17.7 Å². The third-order valence-electron chi connectivity index (χ3n) is 4.66. The Bertz CT molecular complexity index is 954. The third-order valence-corrected chi connectivity index (χ3v) is 4.66. The Labute approximate surface area is 176 Å². The van der Waals surface area contributed by atoms with Crippen molar-refractivity contribution in [2.45, 2.75) is 25.9 Å². The van der Waals surface area contributed by atoms with Gasteiger partial charge in [-0.3, -0.25) is 14.6 Å². The van der Waals surface area contributed by atoms with Gasteiger partial charge in [0, 0.05) is 36.5 Å². The molecule has 1 amide bonds. The SMILES string of the molecule is Cc1nc(N2CCOCC2)[nH]c(=O)c1CCC(=O)Nc1ccc(OCC(F)(F)F)cc1. The predicted molar refractivity (Wildman–Crippen MR) is 108 cm³/mol. The monoisotopic (exact) mass is 440 g/mol. The lowest BCUT2D eigenvalue weighted by molar-refractivity contribution is -0.153. The first kappa shape index (κ1) is 22.6. The summed E-state index contributed by atoms with van der Waals surface area (Å²) < 4.78 is 46.4. The van der Waals surface area contributed by atoms with Gasteiger partial charge < -0.3 is 19.7 Å². The summed E-state index contributed by atoms with van der Waals surface area (Å²) in [5, 5.41) is 2.64. The Kier molecular flexibility index (Phi) is 7.16. The van der Waals surface area contributed by atoms with Crippen molar-refractivity contribution in [1.29, 1.82) is 0 Å². The maximum Gasteiger partial charge on any atom is 0.422 e. The number of carbonyl (C=O) groups is 1. The van der Waals surface area contributed by atoms with Gasteiger partial charge in [-0.1, -0.05) is 0 Å². The number of aromatic nitrogens is 2. The highest BCUT2D eigenvalue weighted by atomic mass is 19.4. The number of nitrogens with zero attached hydrogens (tertiary/aromatic N) is 2. The average molecular weight is 440 g/mol. The summed E-state index contributed by atoms with van der Waals surface area (Å²) in [5.74, 6) is 0.204. The summed E-state index contributed by atoms with van der Waals surface area (Å²) >= 11 is 0. The molecule has 0 unspecified atom stereocenters. The molecule has 31 heavy (non-hydrogen) atoms. The van der Waals surface area contributed by atoms with E-state index in [2.05, 4.69) is 20.0 Å². The van der Waals surface area contributed by atoms with Crippen LogP contribution >= 0.6 is 0 Å². The lowest BCUT2D eigenvalue weighted by Gasteiger charge is -2.27. The van der Waals surface area contributed by atoms with Gasteiger partial charge in [0.25, 0.3) is 5.56 Å². The van der Waals surface area contributed by atoms with Crippen molar-refractivity contribution in [3.63, 3.8) is 0 Å². The van der Waals surface area contributed by atoms with Crippen LogP contribution in [-0.4, -0.2) is 55.0 Å². The molecule has 1 fully saturated rings. The van der Waals surface area contributed by atoms with Gasteiger partial charge in [0.15, 0.2) is 6.61 Å². The van der Waals surface area contributed by atoms with E-state index in [1.807, 2.05) is 4.90 Å². The predicted octanol–water partition coefficient (Wildman–Crippen LogP) is 2.43. The standard InChI is InChI=1S/C20H23F3N4O4/c1-13-16(18(29)26-19(24-13)27-8-10-30-11-9-27)6-7-17(28)25-14-2-4-15(5-3-14)31-12-20(21,22)23/h2-5H,6-12H2,1H3,(H,25,28)(H,24,26,29). The number of nitrogens with one attached hydrogen (secondary N) is 2. The van der Waals surface area contributed by atoms with Crippen molar-refractivity contribution in [2.24, 2.45) is 0 Å². The lowest BCUT2D eigenvalue weighted by atomic mass is 10.1. The van der Waals surface area contributed by atoms with Crippen molar-refractivity contribution in [3.05, 3.63) is 45.9 Å². The van der Waals surface area contributed by atoms with Crippen molar-refractivity contribution >= 4 is 17.5 Å². The largest absolute Gasteiger partial charge is 0.484 e. The van der Waals surface area contributed by atoms with Gasteiger partial charge >= 0.3 is 6.18 Å². The molecule has 1 aliphatic rings. The van der Waals surface area contributed by atoms with Crippen molar-refractivity contribution in [1.82, 2.24) is 9.97 Å². The molecule has 0 aliphatic carbocycles. The van der Waals surface area contributed by atoms with E-state index in [0.29, 0.717) is 49.2 Å². The first-order chi connectivity index (χ1) is 14.7. The molecule has 0 atom stereocenters. The molecule has 0 saturated carbocycles. The number of hydrogen-bond acceptors (Lipinski definition) is 6. The Balaban J connectivity index is 1.54. The zero-order chi connectivity index (χ0) is 22.4. The normalized spacial score (nSPS) is 14.4. The molecule has 2 aromatic rings.